The van der Waals surface area contributed by atoms with Gasteiger partial charge < -0.3 is 9.47 Å². The number of hydrazone groups is 1. The fourth-order valence-corrected chi connectivity index (χ4v) is 5.34. The first kappa shape index (κ1) is 20.9. The molecule has 4 aliphatic rings. The van der Waals surface area contributed by atoms with Crippen molar-refractivity contribution in [3.05, 3.63) is 11.6 Å². The molecule has 4 rings (SSSR count). The van der Waals surface area contributed by atoms with Crippen molar-refractivity contribution < 1.29 is 19.1 Å². The largest absolute Gasteiger partial charge is 0.459 e. The summed E-state index contributed by atoms with van der Waals surface area (Å²) in [5, 5.41) is 6.04. The van der Waals surface area contributed by atoms with Gasteiger partial charge in [-0.1, -0.05) is 25.3 Å². The highest BCUT2D eigenvalue weighted by Crippen LogP contribution is 2.34. The Morgan fingerprint density at radius 1 is 1.17 bits per heavy atom. The highest BCUT2D eigenvalue weighted by molar-refractivity contribution is 6.24. The van der Waals surface area contributed by atoms with Gasteiger partial charge in [-0.05, 0) is 57.8 Å². The third-order valence-electron chi connectivity index (χ3n) is 6.62. The summed E-state index contributed by atoms with van der Waals surface area (Å²) in [7, 11) is 0. The normalized spacial score (nSPS) is 35.2. The summed E-state index contributed by atoms with van der Waals surface area (Å²) in [6, 6.07) is 0.242. The second kappa shape index (κ2) is 9.17. The van der Waals surface area contributed by atoms with Crippen LogP contribution in [0, 0.1) is 5.92 Å². The molecule has 0 radical (unpaired) electrons. The lowest BCUT2D eigenvalue weighted by atomic mass is 9.85. The number of ether oxygens (including phenoxy) is 2. The lowest BCUT2D eigenvalue weighted by molar-refractivity contribution is -0.161. The monoisotopic (exact) mass is 422 g/mol. The van der Waals surface area contributed by atoms with Crippen molar-refractivity contribution in [2.75, 3.05) is 6.61 Å². The lowest BCUT2D eigenvalue weighted by Gasteiger charge is -2.32. The quantitative estimate of drug-likeness (QED) is 0.390. The van der Waals surface area contributed by atoms with Crippen molar-refractivity contribution >= 4 is 29.2 Å². The molecule has 7 heteroatoms. The van der Waals surface area contributed by atoms with E-state index in [1.807, 2.05) is 6.92 Å². The van der Waals surface area contributed by atoms with E-state index >= 15 is 0 Å². The highest BCUT2D eigenvalue weighted by Gasteiger charge is 2.37. The number of nitrogens with zero attached hydrogens (tertiary/aromatic N) is 2. The molecule has 29 heavy (non-hydrogen) atoms. The first-order chi connectivity index (χ1) is 14.0. The van der Waals surface area contributed by atoms with E-state index in [1.165, 1.54) is 19.3 Å². The molecule has 160 valence electrons. The van der Waals surface area contributed by atoms with Crippen LogP contribution in [0.1, 0.15) is 71.1 Å². The van der Waals surface area contributed by atoms with Gasteiger partial charge in [-0.15, -0.1) is 11.6 Å². The average molecular weight is 423 g/mol. The van der Waals surface area contributed by atoms with Crippen LogP contribution in [0.3, 0.4) is 0 Å². The maximum atomic E-state index is 13.0. The van der Waals surface area contributed by atoms with E-state index in [-0.39, 0.29) is 35.3 Å². The van der Waals surface area contributed by atoms with E-state index in [0.717, 1.165) is 43.4 Å². The van der Waals surface area contributed by atoms with Crippen LogP contribution in [0.25, 0.3) is 0 Å². The SMILES string of the molecule is CC1=NN(C2CCCCC2)C(=O)/C1=C/C1CCC(OC(=O)C2CCCO2)C(Cl)C1. The minimum Gasteiger partial charge on any atom is -0.459 e. The summed E-state index contributed by atoms with van der Waals surface area (Å²) >= 11 is 6.56. The molecule has 6 nitrogen and oxygen atoms in total. The van der Waals surface area contributed by atoms with Crippen LogP contribution in [0.15, 0.2) is 16.8 Å². The number of hydrogen-bond donors (Lipinski definition) is 0. The van der Waals surface area contributed by atoms with Crippen molar-refractivity contribution in [3.63, 3.8) is 0 Å². The van der Waals surface area contributed by atoms with E-state index in [1.54, 1.807) is 5.01 Å². The Balaban J connectivity index is 1.34. The number of hydrogen-bond acceptors (Lipinski definition) is 5. The van der Waals surface area contributed by atoms with Crippen molar-refractivity contribution in [3.8, 4) is 0 Å². The Labute approximate surface area is 177 Å². The fourth-order valence-electron chi connectivity index (χ4n) is 4.93. The van der Waals surface area contributed by atoms with E-state index in [0.29, 0.717) is 19.4 Å². The molecular weight excluding hydrogens is 392 g/mol. The van der Waals surface area contributed by atoms with Gasteiger partial charge >= 0.3 is 5.97 Å². The standard InChI is InChI=1S/C22H31ClN2O4/c1-14-17(21(26)25(24-14)16-6-3-2-4-7-16)12-15-9-10-19(18(23)13-15)29-22(27)20-8-5-11-28-20/h12,15-16,18-20H,2-11,13H2,1H3/b17-12+. The number of allylic oxidation sites excluding steroid dienone is 1. The van der Waals surface area contributed by atoms with Crippen molar-refractivity contribution in [2.45, 2.75) is 94.8 Å². The Kier molecular flexibility index (Phi) is 6.60. The molecule has 0 bridgehead atoms. The highest BCUT2D eigenvalue weighted by atomic mass is 35.5. The van der Waals surface area contributed by atoms with Crippen molar-refractivity contribution in [1.82, 2.24) is 5.01 Å². The molecule has 1 saturated heterocycles. The number of rotatable bonds is 4. The molecule has 2 aliphatic carbocycles. The van der Waals surface area contributed by atoms with Gasteiger partial charge in [0, 0.05) is 6.61 Å². The predicted octanol–water partition coefficient (Wildman–Crippen LogP) is 3.96. The van der Waals surface area contributed by atoms with Gasteiger partial charge in [-0.3, -0.25) is 4.79 Å². The summed E-state index contributed by atoms with van der Waals surface area (Å²) < 4.78 is 11.0. The third kappa shape index (κ3) is 4.69. The third-order valence-corrected chi connectivity index (χ3v) is 7.08. The maximum absolute atomic E-state index is 13.0. The van der Waals surface area contributed by atoms with Crippen LogP contribution < -0.4 is 0 Å². The molecular formula is C22H31ClN2O4. The van der Waals surface area contributed by atoms with E-state index in [9.17, 15) is 9.59 Å². The molecule has 1 amide bonds. The average Bonchev–Trinajstić information content (AvgIpc) is 3.35. The minimum absolute atomic E-state index is 0.0347. The summed E-state index contributed by atoms with van der Waals surface area (Å²) in [5.41, 5.74) is 1.53. The zero-order chi connectivity index (χ0) is 20.4. The zero-order valence-electron chi connectivity index (χ0n) is 17.1. The predicted molar refractivity (Wildman–Crippen MR) is 111 cm³/mol. The van der Waals surface area contributed by atoms with Crippen LogP contribution in [0.2, 0.25) is 0 Å². The van der Waals surface area contributed by atoms with Gasteiger partial charge in [-0.25, -0.2) is 9.80 Å². The van der Waals surface area contributed by atoms with Gasteiger partial charge in [0.25, 0.3) is 5.91 Å². The molecule has 2 heterocycles. The smallest absolute Gasteiger partial charge is 0.335 e. The van der Waals surface area contributed by atoms with Crippen LogP contribution in [-0.4, -0.2) is 52.8 Å². The zero-order valence-corrected chi connectivity index (χ0v) is 17.9. The van der Waals surface area contributed by atoms with Gasteiger partial charge in [0.05, 0.1) is 22.7 Å². The maximum Gasteiger partial charge on any atom is 0.335 e. The molecule has 0 N–H and O–H groups in total. The molecule has 4 unspecified atom stereocenters. The molecule has 2 aliphatic heterocycles. The Morgan fingerprint density at radius 3 is 2.66 bits per heavy atom. The van der Waals surface area contributed by atoms with Crippen LogP contribution >= 0.6 is 11.6 Å². The number of carbonyl (C=O) groups excluding carboxylic acids is 2. The fraction of sp³-hybridized carbons (Fsp3) is 0.773. The molecule has 0 aromatic rings. The molecule has 0 spiro atoms. The van der Waals surface area contributed by atoms with Crippen LogP contribution in [0.4, 0.5) is 0 Å². The molecule has 4 atom stereocenters. The Hall–Kier alpha value is -1.40. The Bertz CT molecular complexity index is 695. The molecule has 0 aromatic carbocycles. The topological polar surface area (TPSA) is 68.2 Å². The second-order valence-electron chi connectivity index (χ2n) is 8.77. The summed E-state index contributed by atoms with van der Waals surface area (Å²) in [6.07, 6.45) is 10.9. The molecule has 0 aromatic heterocycles. The molecule has 2 saturated carbocycles. The van der Waals surface area contributed by atoms with Crippen LogP contribution in [-0.2, 0) is 19.1 Å². The van der Waals surface area contributed by atoms with Gasteiger partial charge in [-0.2, -0.15) is 5.10 Å². The summed E-state index contributed by atoms with van der Waals surface area (Å²) in [6.45, 7) is 2.54. The number of halogens is 1. The van der Waals surface area contributed by atoms with E-state index in [2.05, 4.69) is 11.2 Å². The van der Waals surface area contributed by atoms with Gasteiger partial charge in [0.2, 0.25) is 0 Å². The van der Waals surface area contributed by atoms with Crippen molar-refractivity contribution in [2.24, 2.45) is 11.0 Å². The first-order valence-electron chi connectivity index (χ1n) is 11.1. The van der Waals surface area contributed by atoms with Gasteiger partial charge in [0.1, 0.15) is 6.10 Å². The van der Waals surface area contributed by atoms with E-state index in [4.69, 9.17) is 21.1 Å². The number of carbonyl (C=O) groups is 2. The van der Waals surface area contributed by atoms with Gasteiger partial charge in [0.15, 0.2) is 6.10 Å². The van der Waals surface area contributed by atoms with Crippen LogP contribution in [0.5, 0.6) is 0 Å². The minimum atomic E-state index is -0.431. The number of alkyl halides is 1. The first-order valence-corrected chi connectivity index (χ1v) is 11.5. The Morgan fingerprint density at radius 2 is 1.97 bits per heavy atom. The summed E-state index contributed by atoms with van der Waals surface area (Å²) in [4.78, 5) is 25.2. The molecule has 3 fully saturated rings. The number of esters is 1. The second-order valence-corrected chi connectivity index (χ2v) is 9.33. The van der Waals surface area contributed by atoms with E-state index < -0.39 is 6.10 Å². The van der Waals surface area contributed by atoms with Crippen molar-refractivity contribution in [1.29, 1.82) is 0 Å². The number of amides is 1. The lowest BCUT2D eigenvalue weighted by Crippen LogP contribution is -2.37. The summed E-state index contributed by atoms with van der Waals surface area (Å²) in [5.74, 6) is -0.0509.